The lowest BCUT2D eigenvalue weighted by atomic mass is 9.84. The second-order valence-electron chi connectivity index (χ2n) is 5.28. The van der Waals surface area contributed by atoms with Crippen LogP contribution in [0.25, 0.3) is 0 Å². The Kier molecular flexibility index (Phi) is 3.75. The van der Waals surface area contributed by atoms with Crippen molar-refractivity contribution in [1.82, 2.24) is 0 Å². The molecule has 2 N–H and O–H groups in total. The summed E-state index contributed by atoms with van der Waals surface area (Å²) in [5, 5.41) is 20.6. The van der Waals surface area contributed by atoms with Gasteiger partial charge in [-0.25, -0.2) is 0 Å². The fourth-order valence-corrected chi connectivity index (χ4v) is 2.33. The van der Waals surface area contributed by atoms with Crippen LogP contribution in [-0.4, -0.2) is 15.8 Å². The lowest BCUT2D eigenvalue weighted by molar-refractivity contribution is 0.0589. The molecule has 0 aliphatic heterocycles. The zero-order chi connectivity index (χ0) is 13.1. The Morgan fingerprint density at radius 1 is 1.11 bits per heavy atom. The average molecular weight is 244 g/mol. The van der Waals surface area contributed by atoms with Crippen LogP contribution in [0.2, 0.25) is 0 Å². The third-order valence-corrected chi connectivity index (χ3v) is 3.56. The molecule has 0 radical (unpaired) electrons. The van der Waals surface area contributed by atoms with Gasteiger partial charge in [0.2, 0.25) is 0 Å². The van der Waals surface area contributed by atoms with Crippen LogP contribution in [0.5, 0.6) is 0 Å². The minimum absolute atomic E-state index is 0.713. The average Bonchev–Trinajstić information content (AvgIpc) is 2.39. The summed E-state index contributed by atoms with van der Waals surface area (Å²) in [6.45, 7) is 1.67. The van der Waals surface area contributed by atoms with Gasteiger partial charge in [-0.15, -0.1) is 0 Å². The highest BCUT2D eigenvalue weighted by molar-refractivity contribution is 5.32. The summed E-state index contributed by atoms with van der Waals surface area (Å²) in [5.74, 6) is 5.73. The predicted octanol–water partition coefficient (Wildman–Crippen LogP) is 2.59. The van der Waals surface area contributed by atoms with Crippen LogP contribution in [0.15, 0.2) is 30.3 Å². The lowest BCUT2D eigenvalue weighted by Gasteiger charge is -2.27. The van der Waals surface area contributed by atoms with Crippen molar-refractivity contribution >= 4 is 0 Å². The molecule has 96 valence electrons. The van der Waals surface area contributed by atoms with E-state index in [9.17, 15) is 10.2 Å². The zero-order valence-corrected chi connectivity index (χ0v) is 10.8. The molecule has 1 aliphatic rings. The van der Waals surface area contributed by atoms with Crippen LogP contribution >= 0.6 is 0 Å². The van der Waals surface area contributed by atoms with Crippen LogP contribution in [0.4, 0.5) is 0 Å². The predicted molar refractivity (Wildman–Crippen MR) is 71.8 cm³/mol. The molecule has 0 amide bonds. The standard InChI is InChI=1S/C16H20O2/c1-15(17,14-8-4-2-5-9-14)12-13-16(18)10-6-3-7-11-16/h2,4-5,8-9,17-18H,3,6-7,10-11H2,1H3/t15-/m0/s1. The van der Waals surface area contributed by atoms with E-state index in [1.54, 1.807) is 6.92 Å². The van der Waals surface area contributed by atoms with Crippen molar-refractivity contribution in [3.63, 3.8) is 0 Å². The van der Waals surface area contributed by atoms with Crippen molar-refractivity contribution in [2.45, 2.75) is 50.2 Å². The molecule has 2 rings (SSSR count). The highest BCUT2D eigenvalue weighted by Crippen LogP contribution is 2.28. The summed E-state index contributed by atoms with van der Waals surface area (Å²) in [4.78, 5) is 0. The van der Waals surface area contributed by atoms with E-state index in [4.69, 9.17) is 0 Å². The lowest BCUT2D eigenvalue weighted by Crippen LogP contribution is -2.30. The third-order valence-electron chi connectivity index (χ3n) is 3.56. The van der Waals surface area contributed by atoms with E-state index in [0.29, 0.717) is 12.8 Å². The number of aliphatic hydroxyl groups is 2. The first-order valence-corrected chi connectivity index (χ1v) is 6.57. The molecule has 0 aromatic heterocycles. The maximum atomic E-state index is 10.3. The van der Waals surface area contributed by atoms with Gasteiger partial charge in [0.05, 0.1) is 0 Å². The molecule has 2 nitrogen and oxygen atoms in total. The van der Waals surface area contributed by atoms with E-state index in [0.717, 1.165) is 18.4 Å². The molecule has 1 fully saturated rings. The number of hydrogen-bond donors (Lipinski definition) is 2. The Bertz CT molecular complexity index is 445. The molecule has 0 bridgehead atoms. The summed E-state index contributed by atoms with van der Waals surface area (Å²) in [7, 11) is 0. The maximum Gasteiger partial charge on any atom is 0.148 e. The van der Waals surface area contributed by atoms with Crippen molar-refractivity contribution < 1.29 is 10.2 Å². The van der Waals surface area contributed by atoms with Gasteiger partial charge in [-0.2, -0.15) is 0 Å². The largest absolute Gasteiger partial charge is 0.378 e. The highest BCUT2D eigenvalue weighted by Gasteiger charge is 2.28. The van der Waals surface area contributed by atoms with Gasteiger partial charge in [0.1, 0.15) is 11.2 Å². The summed E-state index contributed by atoms with van der Waals surface area (Å²) in [5.41, 5.74) is -1.34. The molecule has 1 aromatic carbocycles. The Morgan fingerprint density at radius 3 is 2.33 bits per heavy atom. The van der Waals surface area contributed by atoms with E-state index in [1.165, 1.54) is 6.42 Å². The molecule has 2 heteroatoms. The topological polar surface area (TPSA) is 40.5 Å². The Balaban J connectivity index is 2.18. The molecule has 0 heterocycles. The SMILES string of the molecule is C[C@](O)(C#CC1(O)CCCCC1)c1ccccc1. The normalized spacial score (nSPS) is 21.5. The highest BCUT2D eigenvalue weighted by atomic mass is 16.3. The van der Waals surface area contributed by atoms with Crippen molar-refractivity contribution in [3.8, 4) is 11.8 Å². The first-order chi connectivity index (χ1) is 8.52. The monoisotopic (exact) mass is 244 g/mol. The summed E-state index contributed by atoms with van der Waals surface area (Å²) in [6, 6.07) is 9.35. The molecule has 1 saturated carbocycles. The van der Waals surface area contributed by atoms with E-state index < -0.39 is 11.2 Å². The van der Waals surface area contributed by atoms with Crippen LogP contribution in [0.1, 0.15) is 44.6 Å². The Hall–Kier alpha value is -1.30. The minimum atomic E-state index is -1.20. The first-order valence-electron chi connectivity index (χ1n) is 6.57. The van der Waals surface area contributed by atoms with Gasteiger partial charge in [-0.1, -0.05) is 48.6 Å². The maximum absolute atomic E-state index is 10.3. The molecule has 0 spiro atoms. The Morgan fingerprint density at radius 2 is 1.72 bits per heavy atom. The minimum Gasteiger partial charge on any atom is -0.378 e. The summed E-state index contributed by atoms with van der Waals surface area (Å²) < 4.78 is 0. The van der Waals surface area contributed by atoms with Gasteiger partial charge in [-0.05, 0) is 38.2 Å². The molecule has 1 aromatic rings. The third kappa shape index (κ3) is 3.13. The summed E-state index contributed by atoms with van der Waals surface area (Å²) in [6.07, 6.45) is 4.62. The quantitative estimate of drug-likeness (QED) is 0.745. The second kappa shape index (κ2) is 5.14. The van der Waals surface area contributed by atoms with Crippen molar-refractivity contribution in [2.75, 3.05) is 0 Å². The molecular formula is C16H20O2. The zero-order valence-electron chi connectivity index (χ0n) is 10.8. The van der Waals surface area contributed by atoms with Crippen molar-refractivity contribution in [3.05, 3.63) is 35.9 Å². The molecule has 0 saturated heterocycles. The smallest absolute Gasteiger partial charge is 0.148 e. The van der Waals surface area contributed by atoms with E-state index in [-0.39, 0.29) is 0 Å². The summed E-state index contributed by atoms with van der Waals surface area (Å²) >= 11 is 0. The number of rotatable bonds is 1. The molecule has 1 atom stereocenters. The van der Waals surface area contributed by atoms with Gasteiger partial charge in [0.15, 0.2) is 0 Å². The number of benzene rings is 1. The fourth-order valence-electron chi connectivity index (χ4n) is 2.33. The van der Waals surface area contributed by atoms with Gasteiger partial charge >= 0.3 is 0 Å². The van der Waals surface area contributed by atoms with Gasteiger partial charge in [0, 0.05) is 0 Å². The van der Waals surface area contributed by atoms with Crippen LogP contribution in [-0.2, 0) is 5.60 Å². The van der Waals surface area contributed by atoms with Gasteiger partial charge < -0.3 is 10.2 Å². The van der Waals surface area contributed by atoms with Gasteiger partial charge in [0.25, 0.3) is 0 Å². The van der Waals surface area contributed by atoms with E-state index in [1.807, 2.05) is 30.3 Å². The molecule has 1 aliphatic carbocycles. The van der Waals surface area contributed by atoms with Gasteiger partial charge in [-0.3, -0.25) is 0 Å². The van der Waals surface area contributed by atoms with E-state index >= 15 is 0 Å². The van der Waals surface area contributed by atoms with Crippen LogP contribution < -0.4 is 0 Å². The second-order valence-corrected chi connectivity index (χ2v) is 5.28. The first kappa shape index (κ1) is 13.1. The fraction of sp³-hybridized carbons (Fsp3) is 0.500. The Labute approximate surface area is 109 Å². The number of hydrogen-bond acceptors (Lipinski definition) is 2. The van der Waals surface area contributed by atoms with Crippen molar-refractivity contribution in [2.24, 2.45) is 0 Å². The van der Waals surface area contributed by atoms with E-state index in [2.05, 4.69) is 11.8 Å². The molecule has 0 unspecified atom stereocenters. The van der Waals surface area contributed by atoms with Crippen LogP contribution in [0, 0.1) is 11.8 Å². The molecular weight excluding hydrogens is 224 g/mol. The van der Waals surface area contributed by atoms with Crippen molar-refractivity contribution in [1.29, 1.82) is 0 Å². The van der Waals surface area contributed by atoms with Crippen LogP contribution in [0.3, 0.4) is 0 Å². The molecule has 18 heavy (non-hydrogen) atoms.